The molecule has 0 bridgehead atoms. The van der Waals surface area contributed by atoms with Gasteiger partial charge in [0, 0.05) is 5.25 Å². The van der Waals surface area contributed by atoms with Crippen LogP contribution in [0.2, 0.25) is 0 Å². The standard InChI is InChI=1S/C10H20S/c1-7(2)6-10(11)9(5)8(3)4/h7-8,10-11H,5-6H2,1-4H3. The first kappa shape index (κ1) is 11.1. The number of thiol groups is 1. The molecule has 0 radical (unpaired) electrons. The van der Waals surface area contributed by atoms with Crippen molar-refractivity contribution in [1.82, 2.24) is 0 Å². The summed E-state index contributed by atoms with van der Waals surface area (Å²) < 4.78 is 0. The minimum absolute atomic E-state index is 0.384. The van der Waals surface area contributed by atoms with Crippen molar-refractivity contribution in [3.63, 3.8) is 0 Å². The number of rotatable bonds is 4. The van der Waals surface area contributed by atoms with E-state index in [0.29, 0.717) is 17.1 Å². The van der Waals surface area contributed by atoms with E-state index in [1.807, 2.05) is 0 Å². The summed E-state index contributed by atoms with van der Waals surface area (Å²) in [7, 11) is 0. The molecule has 11 heavy (non-hydrogen) atoms. The maximum atomic E-state index is 4.50. The number of hydrogen-bond acceptors (Lipinski definition) is 1. The monoisotopic (exact) mass is 172 g/mol. The van der Waals surface area contributed by atoms with Crippen LogP contribution < -0.4 is 0 Å². The summed E-state index contributed by atoms with van der Waals surface area (Å²) in [5.74, 6) is 1.28. The summed E-state index contributed by atoms with van der Waals surface area (Å²) in [4.78, 5) is 0. The van der Waals surface area contributed by atoms with E-state index in [-0.39, 0.29) is 0 Å². The van der Waals surface area contributed by atoms with Crippen molar-refractivity contribution >= 4 is 12.6 Å². The molecule has 0 nitrogen and oxygen atoms in total. The van der Waals surface area contributed by atoms with E-state index in [0.717, 1.165) is 6.42 Å². The van der Waals surface area contributed by atoms with Gasteiger partial charge in [-0.2, -0.15) is 12.6 Å². The van der Waals surface area contributed by atoms with Crippen molar-refractivity contribution in [3.8, 4) is 0 Å². The van der Waals surface area contributed by atoms with E-state index >= 15 is 0 Å². The van der Waals surface area contributed by atoms with Crippen LogP contribution in [0.3, 0.4) is 0 Å². The Labute approximate surface area is 76.5 Å². The smallest absolute Gasteiger partial charge is 0.0228 e. The SMILES string of the molecule is C=C(C(C)C)C(S)CC(C)C. The van der Waals surface area contributed by atoms with E-state index in [1.165, 1.54) is 5.57 Å². The molecule has 0 aliphatic heterocycles. The quantitative estimate of drug-likeness (QED) is 0.486. The van der Waals surface area contributed by atoms with Crippen molar-refractivity contribution in [3.05, 3.63) is 12.2 Å². The van der Waals surface area contributed by atoms with Crippen molar-refractivity contribution in [2.45, 2.75) is 39.4 Å². The van der Waals surface area contributed by atoms with Crippen LogP contribution in [0.5, 0.6) is 0 Å². The molecule has 0 aromatic heterocycles. The first-order valence-corrected chi connectivity index (χ1v) is 4.83. The summed E-state index contributed by atoms with van der Waals surface area (Å²) in [6.45, 7) is 12.8. The second kappa shape index (κ2) is 4.87. The molecule has 0 saturated carbocycles. The van der Waals surface area contributed by atoms with Crippen LogP contribution >= 0.6 is 12.6 Å². The van der Waals surface area contributed by atoms with Gasteiger partial charge < -0.3 is 0 Å². The molecule has 0 aromatic carbocycles. The van der Waals surface area contributed by atoms with Gasteiger partial charge in [0.2, 0.25) is 0 Å². The lowest BCUT2D eigenvalue weighted by molar-refractivity contribution is 0.571. The minimum Gasteiger partial charge on any atom is -0.171 e. The Hall–Kier alpha value is 0.0900. The molecule has 0 saturated heterocycles. The fourth-order valence-electron chi connectivity index (χ4n) is 0.983. The van der Waals surface area contributed by atoms with Crippen LogP contribution in [0.15, 0.2) is 12.2 Å². The summed E-state index contributed by atoms with van der Waals surface area (Å²) in [6.07, 6.45) is 1.14. The predicted molar refractivity (Wildman–Crippen MR) is 56.2 cm³/mol. The lowest BCUT2D eigenvalue weighted by Gasteiger charge is -2.18. The zero-order chi connectivity index (χ0) is 9.02. The Morgan fingerprint density at radius 2 is 1.73 bits per heavy atom. The van der Waals surface area contributed by atoms with E-state index in [2.05, 4.69) is 46.9 Å². The Morgan fingerprint density at radius 3 is 2.00 bits per heavy atom. The summed E-state index contributed by atoms with van der Waals surface area (Å²) in [6, 6.07) is 0. The van der Waals surface area contributed by atoms with Crippen molar-refractivity contribution < 1.29 is 0 Å². The van der Waals surface area contributed by atoms with Gasteiger partial charge in [-0.25, -0.2) is 0 Å². The molecule has 1 unspecified atom stereocenters. The Bertz CT molecular complexity index is 125. The molecule has 0 rings (SSSR count). The maximum absolute atomic E-state index is 4.50. The lowest BCUT2D eigenvalue weighted by Crippen LogP contribution is -2.10. The van der Waals surface area contributed by atoms with Gasteiger partial charge in [-0.1, -0.05) is 39.8 Å². The highest BCUT2D eigenvalue weighted by Gasteiger charge is 2.11. The third kappa shape index (κ3) is 4.52. The average molecular weight is 172 g/mol. The highest BCUT2D eigenvalue weighted by Crippen LogP contribution is 2.22. The Kier molecular flexibility index (Phi) is 4.91. The maximum Gasteiger partial charge on any atom is 0.0228 e. The van der Waals surface area contributed by atoms with Gasteiger partial charge in [0.05, 0.1) is 0 Å². The summed E-state index contributed by atoms with van der Waals surface area (Å²) >= 11 is 4.50. The minimum atomic E-state index is 0.384. The van der Waals surface area contributed by atoms with Crippen LogP contribution in [0.25, 0.3) is 0 Å². The molecule has 0 heterocycles. The molecule has 1 heteroatoms. The van der Waals surface area contributed by atoms with Crippen LogP contribution in [0.4, 0.5) is 0 Å². The molecule has 0 aliphatic carbocycles. The average Bonchev–Trinajstić information content (AvgIpc) is 1.84. The van der Waals surface area contributed by atoms with Crippen molar-refractivity contribution in [2.75, 3.05) is 0 Å². The molecular formula is C10H20S. The third-order valence-electron chi connectivity index (χ3n) is 1.86. The second-order valence-corrected chi connectivity index (χ2v) is 4.50. The molecule has 66 valence electrons. The van der Waals surface area contributed by atoms with Crippen molar-refractivity contribution in [1.29, 1.82) is 0 Å². The number of hydrogen-bond donors (Lipinski definition) is 1. The predicted octanol–water partition coefficient (Wildman–Crippen LogP) is 3.54. The van der Waals surface area contributed by atoms with E-state index < -0.39 is 0 Å². The van der Waals surface area contributed by atoms with Gasteiger partial charge >= 0.3 is 0 Å². The van der Waals surface area contributed by atoms with E-state index in [4.69, 9.17) is 0 Å². The zero-order valence-corrected chi connectivity index (χ0v) is 8.99. The molecule has 1 atom stereocenters. The fourth-order valence-corrected chi connectivity index (χ4v) is 1.70. The first-order chi connectivity index (χ1) is 4.95. The van der Waals surface area contributed by atoms with Crippen LogP contribution in [-0.4, -0.2) is 5.25 Å². The zero-order valence-electron chi connectivity index (χ0n) is 8.09. The highest BCUT2D eigenvalue weighted by atomic mass is 32.1. The second-order valence-electron chi connectivity index (χ2n) is 3.87. The summed E-state index contributed by atoms with van der Waals surface area (Å²) in [5, 5.41) is 0.384. The largest absolute Gasteiger partial charge is 0.171 e. The Morgan fingerprint density at radius 1 is 1.27 bits per heavy atom. The molecule has 0 amide bonds. The van der Waals surface area contributed by atoms with Crippen LogP contribution in [0.1, 0.15) is 34.1 Å². The molecule has 0 N–H and O–H groups in total. The van der Waals surface area contributed by atoms with Gasteiger partial charge in [-0.05, 0) is 18.3 Å². The molecule has 0 spiro atoms. The first-order valence-electron chi connectivity index (χ1n) is 4.32. The van der Waals surface area contributed by atoms with Gasteiger partial charge in [0.25, 0.3) is 0 Å². The third-order valence-corrected chi connectivity index (χ3v) is 2.41. The lowest BCUT2D eigenvalue weighted by atomic mass is 9.96. The molecule has 0 aromatic rings. The van der Waals surface area contributed by atoms with Gasteiger partial charge in [0.15, 0.2) is 0 Å². The fraction of sp³-hybridized carbons (Fsp3) is 0.800. The normalized spacial score (nSPS) is 14.1. The van der Waals surface area contributed by atoms with Crippen molar-refractivity contribution in [2.24, 2.45) is 11.8 Å². The topological polar surface area (TPSA) is 0 Å². The van der Waals surface area contributed by atoms with E-state index in [9.17, 15) is 0 Å². The van der Waals surface area contributed by atoms with Gasteiger partial charge in [-0.15, -0.1) is 0 Å². The van der Waals surface area contributed by atoms with E-state index in [1.54, 1.807) is 0 Å². The summed E-state index contributed by atoms with van der Waals surface area (Å²) in [5.41, 5.74) is 1.27. The Balaban J connectivity index is 3.83. The van der Waals surface area contributed by atoms with Gasteiger partial charge in [0.1, 0.15) is 0 Å². The molecule has 0 aliphatic rings. The van der Waals surface area contributed by atoms with Crippen LogP contribution in [-0.2, 0) is 0 Å². The molecule has 0 fully saturated rings. The van der Waals surface area contributed by atoms with Gasteiger partial charge in [-0.3, -0.25) is 0 Å². The molecular weight excluding hydrogens is 152 g/mol. The van der Waals surface area contributed by atoms with Crippen LogP contribution in [0, 0.1) is 11.8 Å². The highest BCUT2D eigenvalue weighted by molar-refractivity contribution is 7.81.